The Balaban J connectivity index is 2.30. The molecule has 0 aliphatic heterocycles. The van der Waals surface area contributed by atoms with Crippen molar-refractivity contribution < 1.29 is 0 Å². The van der Waals surface area contributed by atoms with Crippen molar-refractivity contribution in [2.24, 2.45) is 5.41 Å². The molecule has 0 aromatic heterocycles. The Morgan fingerprint density at radius 2 is 1.78 bits per heavy atom. The molecule has 1 aromatic rings. The summed E-state index contributed by atoms with van der Waals surface area (Å²) in [6, 6.07) is 12.2. The molecule has 0 N–H and O–H groups in total. The Morgan fingerprint density at radius 1 is 1.13 bits per heavy atom. The Kier molecular flexibility index (Phi) is 5.77. The third-order valence-electron chi connectivity index (χ3n) is 3.73. The van der Waals surface area contributed by atoms with Gasteiger partial charge < -0.3 is 0 Å². The van der Waals surface area contributed by atoms with Crippen molar-refractivity contribution in [3.63, 3.8) is 0 Å². The lowest BCUT2D eigenvalue weighted by molar-refractivity contribution is 0.354. The van der Waals surface area contributed by atoms with Gasteiger partial charge in [-0.3, -0.25) is 0 Å². The van der Waals surface area contributed by atoms with E-state index >= 15 is 0 Å². The van der Waals surface area contributed by atoms with Crippen LogP contribution in [0.25, 0.3) is 6.08 Å². The zero-order chi connectivity index (χ0) is 16.9. The minimum absolute atomic E-state index is 0.0508. The number of allylic oxidation sites excluding steroid dienone is 5. The maximum atomic E-state index is 9.11. The summed E-state index contributed by atoms with van der Waals surface area (Å²) in [5, 5.41) is 18.2. The Labute approximate surface area is 147 Å². The molecule has 0 saturated heterocycles. The average Bonchev–Trinajstić information content (AvgIpc) is 2.53. The van der Waals surface area contributed by atoms with Crippen molar-refractivity contribution >= 4 is 28.5 Å². The van der Waals surface area contributed by atoms with Gasteiger partial charge in [0.25, 0.3) is 0 Å². The summed E-state index contributed by atoms with van der Waals surface area (Å²) in [7, 11) is 1.42. The molecule has 0 fully saturated rings. The number of benzene rings is 1. The molecule has 4 heteroatoms. The van der Waals surface area contributed by atoms with Gasteiger partial charge in [0.1, 0.15) is 17.7 Å². The van der Waals surface area contributed by atoms with Gasteiger partial charge in [-0.05, 0) is 47.1 Å². The lowest BCUT2D eigenvalue weighted by Gasteiger charge is -2.30. The van der Waals surface area contributed by atoms with Gasteiger partial charge in [-0.25, -0.2) is 0 Å². The zero-order valence-corrected chi connectivity index (χ0v) is 14.9. The molecule has 2 rings (SSSR count). The average molecular weight is 339 g/mol. The van der Waals surface area contributed by atoms with Gasteiger partial charge in [0.05, 0.1) is 0 Å². The number of hydrogen-bond acceptors (Lipinski definition) is 4. The van der Waals surface area contributed by atoms with Crippen LogP contribution < -0.4 is 0 Å². The summed E-state index contributed by atoms with van der Waals surface area (Å²) in [6.07, 6.45) is 7.82. The fraction of sp³-hybridized carbons (Fsp3) is 0.263. The molecule has 23 heavy (non-hydrogen) atoms. The van der Waals surface area contributed by atoms with Gasteiger partial charge in [-0.2, -0.15) is 10.5 Å². The number of hydrogen-bond donors (Lipinski definition) is 1. The van der Waals surface area contributed by atoms with Crippen LogP contribution in [0.3, 0.4) is 0 Å². The number of thiol groups is 1. The van der Waals surface area contributed by atoms with Crippen molar-refractivity contribution in [1.29, 1.82) is 10.5 Å². The smallest absolute Gasteiger partial charge is 0.132 e. The topological polar surface area (TPSA) is 47.6 Å². The molecule has 1 aromatic carbocycles. The lowest BCUT2D eigenvalue weighted by atomic mass is 9.74. The molecule has 0 saturated carbocycles. The van der Waals surface area contributed by atoms with E-state index in [1.165, 1.54) is 10.8 Å². The monoisotopic (exact) mass is 338 g/mol. The minimum Gasteiger partial charge on any atom is -0.192 e. The quantitative estimate of drug-likeness (QED) is 0.435. The van der Waals surface area contributed by atoms with E-state index in [-0.39, 0.29) is 11.0 Å². The highest BCUT2D eigenvalue weighted by atomic mass is 33.1. The number of rotatable bonds is 3. The van der Waals surface area contributed by atoms with E-state index in [4.69, 9.17) is 10.5 Å². The fourth-order valence-electron chi connectivity index (χ4n) is 2.74. The van der Waals surface area contributed by atoms with Crippen molar-refractivity contribution in [3.05, 3.63) is 58.7 Å². The van der Waals surface area contributed by atoms with Gasteiger partial charge in [0.2, 0.25) is 0 Å². The van der Waals surface area contributed by atoms with Crippen LogP contribution >= 0.6 is 22.5 Å². The molecule has 0 atom stereocenters. The van der Waals surface area contributed by atoms with Crippen molar-refractivity contribution in [3.8, 4) is 12.1 Å². The molecule has 116 valence electrons. The fourth-order valence-corrected chi connectivity index (χ4v) is 3.36. The minimum atomic E-state index is 0.0508. The first-order valence-corrected chi connectivity index (χ1v) is 9.18. The molecule has 1 aliphatic rings. The van der Waals surface area contributed by atoms with Crippen LogP contribution in [0, 0.1) is 28.1 Å². The van der Waals surface area contributed by atoms with Crippen molar-refractivity contribution in [2.45, 2.75) is 31.6 Å². The Morgan fingerprint density at radius 3 is 2.35 bits per heavy atom. The van der Waals surface area contributed by atoms with E-state index in [1.807, 2.05) is 30.3 Å². The molecular weight excluding hydrogens is 320 g/mol. The van der Waals surface area contributed by atoms with E-state index in [0.29, 0.717) is 0 Å². The predicted molar refractivity (Wildman–Crippen MR) is 99.7 cm³/mol. The second-order valence-electron chi connectivity index (χ2n) is 6.35. The van der Waals surface area contributed by atoms with E-state index in [0.717, 1.165) is 34.4 Å². The second kappa shape index (κ2) is 7.59. The molecule has 1 aliphatic carbocycles. The second-order valence-corrected chi connectivity index (χ2v) is 7.56. The molecule has 0 heterocycles. The van der Waals surface area contributed by atoms with E-state index < -0.39 is 0 Å². The highest BCUT2D eigenvalue weighted by molar-refractivity contribution is 8.68. The van der Waals surface area contributed by atoms with Crippen LogP contribution in [0.1, 0.15) is 32.3 Å². The first-order chi connectivity index (χ1) is 11.0. The highest BCUT2D eigenvalue weighted by Gasteiger charge is 2.26. The first-order valence-electron chi connectivity index (χ1n) is 7.31. The SMILES string of the molecule is CC1(C)CC(/C=C/c2ccc(SS)cc2)=CC(=C(C#N)C#N)C1. The third kappa shape index (κ3) is 4.79. The summed E-state index contributed by atoms with van der Waals surface area (Å²) < 4.78 is 0. The number of nitrogens with zero attached hydrogens (tertiary/aromatic N) is 2. The van der Waals surface area contributed by atoms with Gasteiger partial charge >= 0.3 is 0 Å². The standard InChI is InChI=1S/C19H18N2S2/c1-19(2)10-15(9-16(11-19)17(12-20)13-21)4-3-14-5-7-18(23-22)8-6-14/h3-9,22H,10-11H2,1-2H3/b4-3+. The maximum absolute atomic E-state index is 9.11. The van der Waals surface area contributed by atoms with Crippen LogP contribution in [0.15, 0.2) is 58.0 Å². The van der Waals surface area contributed by atoms with Gasteiger partial charge in [-0.15, -0.1) is 11.7 Å². The van der Waals surface area contributed by atoms with E-state index in [1.54, 1.807) is 0 Å². The van der Waals surface area contributed by atoms with E-state index in [9.17, 15) is 0 Å². The van der Waals surface area contributed by atoms with Crippen LogP contribution in [0.5, 0.6) is 0 Å². The third-order valence-corrected chi connectivity index (χ3v) is 4.85. The summed E-state index contributed by atoms with van der Waals surface area (Å²) in [6.45, 7) is 4.33. The van der Waals surface area contributed by atoms with Crippen LogP contribution in [-0.4, -0.2) is 0 Å². The highest BCUT2D eigenvalue weighted by Crippen LogP contribution is 2.39. The van der Waals surface area contributed by atoms with Crippen LogP contribution in [0.4, 0.5) is 0 Å². The molecule has 0 amide bonds. The molecule has 0 unspecified atom stereocenters. The number of nitriles is 2. The van der Waals surface area contributed by atoms with Gasteiger partial charge in [0.15, 0.2) is 0 Å². The Hall–Kier alpha value is -1.88. The predicted octanol–water partition coefficient (Wildman–Crippen LogP) is 5.73. The molecule has 0 bridgehead atoms. The van der Waals surface area contributed by atoms with Crippen molar-refractivity contribution in [1.82, 2.24) is 0 Å². The lowest BCUT2D eigenvalue weighted by Crippen LogP contribution is -2.17. The van der Waals surface area contributed by atoms with Crippen molar-refractivity contribution in [2.75, 3.05) is 0 Å². The molecule has 0 spiro atoms. The van der Waals surface area contributed by atoms with Gasteiger partial charge in [-0.1, -0.05) is 55.0 Å². The summed E-state index contributed by atoms with van der Waals surface area (Å²) in [5.41, 5.74) is 3.38. The largest absolute Gasteiger partial charge is 0.192 e. The summed E-state index contributed by atoms with van der Waals surface area (Å²) >= 11 is 4.18. The van der Waals surface area contributed by atoms with Crippen LogP contribution in [-0.2, 0) is 0 Å². The van der Waals surface area contributed by atoms with Gasteiger partial charge in [0, 0.05) is 4.90 Å². The zero-order valence-electron chi connectivity index (χ0n) is 13.2. The Bertz CT molecular complexity index is 738. The summed E-state index contributed by atoms with van der Waals surface area (Å²) in [4.78, 5) is 1.11. The molecular formula is C19H18N2S2. The first kappa shape index (κ1) is 17.5. The molecule has 2 nitrogen and oxygen atoms in total. The van der Waals surface area contributed by atoms with E-state index in [2.05, 4.69) is 49.8 Å². The normalized spacial score (nSPS) is 16.6. The van der Waals surface area contributed by atoms with Crippen LogP contribution in [0.2, 0.25) is 0 Å². The summed E-state index contributed by atoms with van der Waals surface area (Å²) in [5.74, 6) is 0. The molecule has 0 radical (unpaired) electrons. The maximum Gasteiger partial charge on any atom is 0.132 e.